The number of aromatic nitrogens is 2. The third-order valence-corrected chi connectivity index (χ3v) is 8.67. The number of para-hydroxylation sites is 1. The molecule has 0 aliphatic carbocycles. The highest BCUT2D eigenvalue weighted by Gasteiger charge is 2.30. The zero-order chi connectivity index (χ0) is 20.6. The fraction of sp³-hybridized carbons (Fsp3) is 0.368. The number of nitrogens with one attached hydrogen (secondary N) is 1. The van der Waals surface area contributed by atoms with Crippen LogP contribution in [-0.2, 0) is 10.0 Å². The van der Waals surface area contributed by atoms with Crippen molar-refractivity contribution >= 4 is 60.0 Å². The summed E-state index contributed by atoms with van der Waals surface area (Å²) in [5.74, 6) is 1.43. The summed E-state index contributed by atoms with van der Waals surface area (Å²) in [5, 5.41) is 4.38. The zero-order valence-electron chi connectivity index (χ0n) is 16.2. The van der Waals surface area contributed by atoms with E-state index >= 15 is 0 Å². The zero-order valence-corrected chi connectivity index (χ0v) is 19.4. The second-order valence-corrected chi connectivity index (χ2v) is 11.8. The summed E-state index contributed by atoms with van der Waals surface area (Å²) in [4.78, 5) is 11.5. The average Bonchev–Trinajstić information content (AvgIpc) is 3.15. The molecule has 0 spiro atoms. The van der Waals surface area contributed by atoms with Crippen LogP contribution >= 0.6 is 27.3 Å². The van der Waals surface area contributed by atoms with Crippen molar-refractivity contribution in [3.8, 4) is 0 Å². The average molecular weight is 496 g/mol. The predicted molar refractivity (Wildman–Crippen MR) is 121 cm³/mol. The summed E-state index contributed by atoms with van der Waals surface area (Å²) >= 11 is 4.57. The third kappa shape index (κ3) is 4.25. The van der Waals surface area contributed by atoms with Gasteiger partial charge in [0.15, 0.2) is 0 Å². The predicted octanol–water partition coefficient (Wildman–Crippen LogP) is 3.79. The van der Waals surface area contributed by atoms with Crippen molar-refractivity contribution in [1.29, 1.82) is 0 Å². The number of fused-ring (bicyclic) bond motifs is 1. The summed E-state index contributed by atoms with van der Waals surface area (Å²) in [7, 11) is -3.46. The van der Waals surface area contributed by atoms with Crippen LogP contribution in [0.1, 0.15) is 13.8 Å². The highest BCUT2D eigenvalue weighted by Crippen LogP contribution is 2.30. The molecule has 0 radical (unpaired) electrons. The molecule has 3 aromatic rings. The quantitative estimate of drug-likeness (QED) is 0.579. The maximum absolute atomic E-state index is 12.8. The molecule has 1 aliphatic rings. The smallest absolute Gasteiger partial charge is 0.252 e. The van der Waals surface area contributed by atoms with Gasteiger partial charge in [-0.3, -0.25) is 0 Å². The number of thiophene rings is 1. The van der Waals surface area contributed by atoms with E-state index in [1.54, 1.807) is 12.1 Å². The molecule has 0 bridgehead atoms. The van der Waals surface area contributed by atoms with Gasteiger partial charge in [0.05, 0.1) is 9.30 Å². The highest BCUT2D eigenvalue weighted by atomic mass is 79.9. The van der Waals surface area contributed by atoms with Gasteiger partial charge in [-0.05, 0) is 54.0 Å². The monoisotopic (exact) mass is 495 g/mol. The molecule has 1 saturated heterocycles. The molecule has 4 rings (SSSR count). The van der Waals surface area contributed by atoms with E-state index in [1.807, 2.05) is 29.2 Å². The minimum Gasteiger partial charge on any atom is -0.367 e. The summed E-state index contributed by atoms with van der Waals surface area (Å²) in [6, 6.07) is 11.6. The third-order valence-electron chi connectivity index (χ3n) is 4.68. The first kappa shape index (κ1) is 20.5. The summed E-state index contributed by atoms with van der Waals surface area (Å²) in [5.41, 5.74) is 0.874. The van der Waals surface area contributed by atoms with E-state index in [0.717, 1.165) is 20.5 Å². The van der Waals surface area contributed by atoms with E-state index in [2.05, 4.69) is 35.1 Å². The van der Waals surface area contributed by atoms with Crippen molar-refractivity contribution in [2.45, 2.75) is 24.1 Å². The first-order valence-electron chi connectivity index (χ1n) is 9.38. The van der Waals surface area contributed by atoms with Crippen molar-refractivity contribution in [2.24, 2.45) is 0 Å². The standard InChI is InChI=1S/C19H22BrN5O2S2/c1-13(2)21-18-14-5-3-4-6-15(14)22-19(23-18)24-9-11-25(12-10-24)29(26,27)17-8-7-16(20)28-17/h3-8,13H,9-12H2,1-2H3,(H,21,22,23). The molecule has 1 aromatic carbocycles. The molecule has 154 valence electrons. The van der Waals surface area contributed by atoms with Crippen LogP contribution in [0.15, 0.2) is 44.4 Å². The second kappa shape index (κ2) is 8.17. The Morgan fingerprint density at radius 3 is 2.45 bits per heavy atom. The number of rotatable bonds is 5. The van der Waals surface area contributed by atoms with Gasteiger partial charge in [-0.25, -0.2) is 13.4 Å². The minimum atomic E-state index is -3.46. The van der Waals surface area contributed by atoms with E-state index in [9.17, 15) is 8.42 Å². The molecule has 0 atom stereocenters. The maximum atomic E-state index is 12.8. The molecule has 10 heteroatoms. The number of benzene rings is 1. The molecular formula is C19H22BrN5O2S2. The van der Waals surface area contributed by atoms with Crippen LogP contribution in [0.5, 0.6) is 0 Å². The normalized spacial score (nSPS) is 15.9. The van der Waals surface area contributed by atoms with Gasteiger partial charge < -0.3 is 10.2 Å². The molecule has 0 amide bonds. The molecule has 1 fully saturated rings. The van der Waals surface area contributed by atoms with E-state index in [1.165, 1.54) is 15.6 Å². The lowest BCUT2D eigenvalue weighted by molar-refractivity contribution is 0.383. The Kier molecular flexibility index (Phi) is 5.78. The SMILES string of the molecule is CC(C)Nc1nc(N2CCN(S(=O)(=O)c3ccc(Br)s3)CC2)nc2ccccc12. The molecule has 29 heavy (non-hydrogen) atoms. The fourth-order valence-electron chi connectivity index (χ4n) is 3.28. The van der Waals surface area contributed by atoms with Gasteiger partial charge in [-0.15, -0.1) is 11.3 Å². The Morgan fingerprint density at radius 2 is 1.79 bits per heavy atom. The van der Waals surface area contributed by atoms with Crippen LogP contribution in [0.2, 0.25) is 0 Å². The number of piperazine rings is 1. The molecule has 3 heterocycles. The Labute approximate surface area is 182 Å². The van der Waals surface area contributed by atoms with Crippen LogP contribution in [0.3, 0.4) is 0 Å². The van der Waals surface area contributed by atoms with Crippen LogP contribution in [-0.4, -0.2) is 54.9 Å². The first-order chi connectivity index (χ1) is 13.8. The van der Waals surface area contributed by atoms with Crippen molar-refractivity contribution in [3.63, 3.8) is 0 Å². The Balaban J connectivity index is 1.56. The van der Waals surface area contributed by atoms with Gasteiger partial charge in [0.1, 0.15) is 10.0 Å². The van der Waals surface area contributed by atoms with Crippen molar-refractivity contribution in [1.82, 2.24) is 14.3 Å². The van der Waals surface area contributed by atoms with Gasteiger partial charge in [0.2, 0.25) is 5.95 Å². The number of halogens is 1. The molecule has 2 aromatic heterocycles. The van der Waals surface area contributed by atoms with Gasteiger partial charge in [-0.2, -0.15) is 9.29 Å². The molecule has 7 nitrogen and oxygen atoms in total. The van der Waals surface area contributed by atoms with Crippen LogP contribution in [0.25, 0.3) is 10.9 Å². The van der Waals surface area contributed by atoms with Crippen molar-refractivity contribution in [2.75, 3.05) is 36.4 Å². The Hall–Kier alpha value is -1.75. The number of nitrogens with zero attached hydrogens (tertiary/aromatic N) is 4. The molecule has 0 unspecified atom stereocenters. The lowest BCUT2D eigenvalue weighted by Crippen LogP contribution is -2.49. The van der Waals surface area contributed by atoms with Crippen molar-refractivity contribution in [3.05, 3.63) is 40.2 Å². The largest absolute Gasteiger partial charge is 0.367 e. The highest BCUT2D eigenvalue weighted by molar-refractivity contribution is 9.11. The van der Waals surface area contributed by atoms with E-state index in [4.69, 9.17) is 9.97 Å². The molecule has 1 aliphatic heterocycles. The number of hydrogen-bond acceptors (Lipinski definition) is 7. The van der Waals surface area contributed by atoms with Crippen molar-refractivity contribution < 1.29 is 8.42 Å². The first-order valence-corrected chi connectivity index (χ1v) is 12.4. The van der Waals surface area contributed by atoms with Crippen LogP contribution in [0, 0.1) is 0 Å². The van der Waals surface area contributed by atoms with E-state index < -0.39 is 10.0 Å². The van der Waals surface area contributed by atoms with Gasteiger partial charge >= 0.3 is 0 Å². The lowest BCUT2D eigenvalue weighted by Gasteiger charge is -2.34. The van der Waals surface area contributed by atoms with Crippen LogP contribution in [0.4, 0.5) is 11.8 Å². The van der Waals surface area contributed by atoms with Gasteiger partial charge in [0.25, 0.3) is 10.0 Å². The summed E-state index contributed by atoms with van der Waals surface area (Å²) in [6.45, 7) is 6.05. The Bertz CT molecular complexity index is 1120. The molecule has 1 N–H and O–H groups in total. The minimum absolute atomic E-state index is 0.244. The summed E-state index contributed by atoms with van der Waals surface area (Å²) in [6.07, 6.45) is 0. The van der Waals surface area contributed by atoms with E-state index in [-0.39, 0.29) is 6.04 Å². The molecule has 0 saturated carbocycles. The summed E-state index contributed by atoms with van der Waals surface area (Å²) < 4.78 is 28.4. The lowest BCUT2D eigenvalue weighted by atomic mass is 10.2. The topological polar surface area (TPSA) is 78.4 Å². The second-order valence-electron chi connectivity index (χ2n) is 7.14. The molecular weight excluding hydrogens is 474 g/mol. The van der Waals surface area contributed by atoms with Gasteiger partial charge in [0, 0.05) is 37.6 Å². The maximum Gasteiger partial charge on any atom is 0.252 e. The number of anilines is 2. The fourth-order valence-corrected chi connectivity index (χ4v) is 6.87. The van der Waals surface area contributed by atoms with E-state index in [0.29, 0.717) is 36.3 Å². The number of sulfonamides is 1. The number of hydrogen-bond donors (Lipinski definition) is 1. The van der Waals surface area contributed by atoms with Gasteiger partial charge in [-0.1, -0.05) is 12.1 Å². The Morgan fingerprint density at radius 1 is 1.07 bits per heavy atom. The van der Waals surface area contributed by atoms with Crippen LogP contribution < -0.4 is 10.2 Å².